The Morgan fingerprint density at radius 2 is 2.40 bits per heavy atom. The van der Waals surface area contributed by atoms with Gasteiger partial charge in [0.25, 0.3) is 0 Å². The van der Waals surface area contributed by atoms with Crippen molar-refractivity contribution in [1.29, 1.82) is 0 Å². The Balaban J connectivity index is 1.75. The predicted molar refractivity (Wildman–Crippen MR) is 62.3 cm³/mol. The first-order valence-corrected chi connectivity index (χ1v) is 6.32. The summed E-state index contributed by atoms with van der Waals surface area (Å²) < 4.78 is 5.55. The topological polar surface area (TPSA) is 34.2 Å². The molecule has 0 aromatic carbocycles. The third-order valence-electron chi connectivity index (χ3n) is 2.68. The van der Waals surface area contributed by atoms with Crippen LogP contribution in [-0.2, 0) is 11.3 Å². The summed E-state index contributed by atoms with van der Waals surface area (Å²) in [5.74, 6) is 0. The second-order valence-corrected chi connectivity index (χ2v) is 5.30. The van der Waals surface area contributed by atoms with Crippen molar-refractivity contribution in [3.05, 3.63) is 15.6 Å². The molecule has 84 valence electrons. The average molecular weight is 226 g/mol. The van der Waals surface area contributed by atoms with E-state index in [9.17, 15) is 0 Å². The lowest BCUT2D eigenvalue weighted by Gasteiger charge is -2.09. The molecule has 0 spiro atoms. The van der Waals surface area contributed by atoms with E-state index in [4.69, 9.17) is 4.74 Å². The van der Waals surface area contributed by atoms with Gasteiger partial charge in [-0.15, -0.1) is 11.3 Å². The van der Waals surface area contributed by atoms with Crippen LogP contribution in [0.25, 0.3) is 0 Å². The number of rotatable bonds is 4. The fourth-order valence-corrected chi connectivity index (χ4v) is 2.80. The van der Waals surface area contributed by atoms with Crippen LogP contribution in [0.1, 0.15) is 28.4 Å². The maximum atomic E-state index is 5.55. The van der Waals surface area contributed by atoms with Gasteiger partial charge in [-0.25, -0.2) is 4.98 Å². The maximum Gasteiger partial charge on any atom is 0.0900 e. The zero-order chi connectivity index (χ0) is 10.7. The number of hydrogen-bond acceptors (Lipinski definition) is 4. The molecule has 0 bridgehead atoms. The van der Waals surface area contributed by atoms with Gasteiger partial charge >= 0.3 is 0 Å². The second kappa shape index (κ2) is 5.05. The highest BCUT2D eigenvalue weighted by Crippen LogP contribution is 2.17. The smallest absolute Gasteiger partial charge is 0.0900 e. The molecule has 0 saturated carbocycles. The number of hydrogen-bond donors (Lipinski definition) is 1. The molecule has 0 aliphatic carbocycles. The van der Waals surface area contributed by atoms with Crippen LogP contribution in [-0.4, -0.2) is 24.2 Å². The van der Waals surface area contributed by atoms with Crippen molar-refractivity contribution >= 4 is 11.3 Å². The molecule has 1 unspecified atom stereocenters. The number of aromatic nitrogens is 1. The first-order valence-electron chi connectivity index (χ1n) is 5.51. The number of aryl methyl sites for hydroxylation is 2. The zero-order valence-electron chi connectivity index (χ0n) is 9.38. The van der Waals surface area contributed by atoms with Crippen LogP contribution < -0.4 is 5.32 Å². The van der Waals surface area contributed by atoms with E-state index in [1.54, 1.807) is 11.3 Å². The quantitative estimate of drug-likeness (QED) is 0.853. The minimum atomic E-state index is 0.430. The van der Waals surface area contributed by atoms with Crippen molar-refractivity contribution in [2.75, 3.05) is 13.2 Å². The minimum absolute atomic E-state index is 0.430. The highest BCUT2D eigenvalue weighted by molar-refractivity contribution is 7.11. The van der Waals surface area contributed by atoms with E-state index < -0.39 is 0 Å². The first kappa shape index (κ1) is 11.0. The van der Waals surface area contributed by atoms with Gasteiger partial charge in [-0.05, 0) is 26.7 Å². The van der Waals surface area contributed by atoms with Crippen LogP contribution in [0.5, 0.6) is 0 Å². The monoisotopic (exact) mass is 226 g/mol. The van der Waals surface area contributed by atoms with Crippen LogP contribution in [0.15, 0.2) is 0 Å². The Bertz CT molecular complexity index is 318. The lowest BCUT2D eigenvalue weighted by Crippen LogP contribution is -2.25. The number of ether oxygens (including phenoxy) is 1. The predicted octanol–water partition coefficient (Wildman–Crippen LogP) is 2.03. The highest BCUT2D eigenvalue weighted by Gasteiger charge is 2.14. The number of thiazole rings is 1. The van der Waals surface area contributed by atoms with Gasteiger partial charge in [-0.2, -0.15) is 0 Å². The van der Waals surface area contributed by atoms with Gasteiger partial charge in [-0.1, -0.05) is 0 Å². The third-order valence-corrected chi connectivity index (χ3v) is 3.75. The minimum Gasteiger partial charge on any atom is -0.377 e. The van der Waals surface area contributed by atoms with E-state index in [0.717, 1.165) is 30.4 Å². The Labute approximate surface area is 94.9 Å². The molecular weight excluding hydrogens is 208 g/mol. The Kier molecular flexibility index (Phi) is 3.72. The normalized spacial score (nSPS) is 21.1. The van der Waals surface area contributed by atoms with Gasteiger partial charge in [0.2, 0.25) is 0 Å². The van der Waals surface area contributed by atoms with Gasteiger partial charge in [0.15, 0.2) is 0 Å². The van der Waals surface area contributed by atoms with Gasteiger partial charge in [0.05, 0.1) is 16.8 Å². The molecule has 1 aromatic heterocycles. The summed E-state index contributed by atoms with van der Waals surface area (Å²) in [5.41, 5.74) is 1.16. The van der Waals surface area contributed by atoms with Crippen LogP contribution >= 0.6 is 11.3 Å². The van der Waals surface area contributed by atoms with Crippen LogP contribution in [0.2, 0.25) is 0 Å². The second-order valence-electron chi connectivity index (χ2n) is 4.01. The molecule has 1 aliphatic rings. The van der Waals surface area contributed by atoms with Crippen LogP contribution in [0.4, 0.5) is 0 Å². The molecule has 4 heteroatoms. The molecule has 0 amide bonds. The van der Waals surface area contributed by atoms with E-state index >= 15 is 0 Å². The van der Waals surface area contributed by atoms with E-state index in [1.807, 2.05) is 0 Å². The van der Waals surface area contributed by atoms with Gasteiger partial charge in [0, 0.05) is 24.6 Å². The standard InChI is InChI=1S/C11H18N2OS/c1-8-11(15-9(2)13-8)7-12-6-10-4-3-5-14-10/h10,12H,3-7H2,1-2H3. The fraction of sp³-hybridized carbons (Fsp3) is 0.727. The Morgan fingerprint density at radius 3 is 3.00 bits per heavy atom. The molecule has 1 aliphatic heterocycles. The molecule has 2 heterocycles. The molecule has 1 fully saturated rings. The maximum absolute atomic E-state index is 5.55. The molecule has 1 atom stereocenters. The van der Waals surface area contributed by atoms with E-state index in [0.29, 0.717) is 6.10 Å². The summed E-state index contributed by atoms with van der Waals surface area (Å²) in [6, 6.07) is 0. The van der Waals surface area contributed by atoms with Crippen molar-refractivity contribution in [2.24, 2.45) is 0 Å². The Morgan fingerprint density at radius 1 is 1.53 bits per heavy atom. The van der Waals surface area contributed by atoms with Crippen molar-refractivity contribution < 1.29 is 4.74 Å². The lowest BCUT2D eigenvalue weighted by molar-refractivity contribution is 0.110. The SMILES string of the molecule is Cc1nc(C)c(CNCC2CCCO2)s1. The van der Waals surface area contributed by atoms with E-state index in [1.165, 1.54) is 17.7 Å². The molecule has 3 nitrogen and oxygen atoms in total. The van der Waals surface area contributed by atoms with Gasteiger partial charge < -0.3 is 10.1 Å². The number of nitrogens with one attached hydrogen (secondary N) is 1. The van der Waals surface area contributed by atoms with Gasteiger partial charge in [-0.3, -0.25) is 0 Å². The van der Waals surface area contributed by atoms with E-state index in [2.05, 4.69) is 24.1 Å². The van der Waals surface area contributed by atoms with Crippen molar-refractivity contribution in [1.82, 2.24) is 10.3 Å². The lowest BCUT2D eigenvalue weighted by atomic mass is 10.2. The highest BCUT2D eigenvalue weighted by atomic mass is 32.1. The molecule has 1 saturated heterocycles. The zero-order valence-corrected chi connectivity index (χ0v) is 10.2. The summed E-state index contributed by atoms with van der Waals surface area (Å²) in [5, 5.41) is 4.60. The molecule has 1 aromatic rings. The van der Waals surface area contributed by atoms with Crippen LogP contribution in [0.3, 0.4) is 0 Å². The Hall–Kier alpha value is -0.450. The molecule has 15 heavy (non-hydrogen) atoms. The summed E-state index contributed by atoms with van der Waals surface area (Å²) >= 11 is 1.78. The fourth-order valence-electron chi connectivity index (χ4n) is 1.89. The summed E-state index contributed by atoms with van der Waals surface area (Å²) in [6.45, 7) is 6.96. The molecule has 1 N–H and O–H groups in total. The number of nitrogens with zero attached hydrogens (tertiary/aromatic N) is 1. The molecule has 0 radical (unpaired) electrons. The average Bonchev–Trinajstić information content (AvgIpc) is 2.77. The summed E-state index contributed by atoms with van der Waals surface area (Å²) in [4.78, 5) is 5.76. The summed E-state index contributed by atoms with van der Waals surface area (Å²) in [6.07, 6.45) is 2.85. The van der Waals surface area contributed by atoms with Crippen molar-refractivity contribution in [3.8, 4) is 0 Å². The van der Waals surface area contributed by atoms with Gasteiger partial charge in [0.1, 0.15) is 0 Å². The largest absolute Gasteiger partial charge is 0.377 e. The summed E-state index contributed by atoms with van der Waals surface area (Å²) in [7, 11) is 0. The van der Waals surface area contributed by atoms with E-state index in [-0.39, 0.29) is 0 Å². The molecule has 2 rings (SSSR count). The van der Waals surface area contributed by atoms with Crippen LogP contribution in [0, 0.1) is 13.8 Å². The third kappa shape index (κ3) is 3.00. The van der Waals surface area contributed by atoms with Crippen molar-refractivity contribution in [3.63, 3.8) is 0 Å². The first-order chi connectivity index (χ1) is 7.25. The molecular formula is C11H18N2OS. The van der Waals surface area contributed by atoms with Crippen molar-refractivity contribution in [2.45, 2.75) is 39.3 Å².